The molecule has 1 aromatic carbocycles. The third-order valence-electron chi connectivity index (χ3n) is 2.07. The van der Waals surface area contributed by atoms with E-state index in [2.05, 4.69) is 15.9 Å². The molecule has 0 amide bonds. The molecule has 0 aliphatic heterocycles. The lowest BCUT2D eigenvalue weighted by atomic mass is 10.0. The molecule has 0 aromatic heterocycles. The Morgan fingerprint density at radius 1 is 1.06 bits per heavy atom. The van der Waals surface area contributed by atoms with Gasteiger partial charge in [0, 0.05) is 5.56 Å². The van der Waals surface area contributed by atoms with E-state index in [4.69, 9.17) is 0 Å². The maximum absolute atomic E-state index is 12.5. The van der Waals surface area contributed by atoms with Crippen LogP contribution < -0.4 is 0 Å². The fourth-order valence-electron chi connectivity index (χ4n) is 1.27. The van der Waals surface area contributed by atoms with Crippen LogP contribution in [-0.2, 0) is 12.4 Å². The number of hydrogen-bond donors (Lipinski definition) is 0. The summed E-state index contributed by atoms with van der Waals surface area (Å²) in [5.74, 6) is -1.06. The van der Waals surface area contributed by atoms with Gasteiger partial charge >= 0.3 is 12.4 Å². The minimum Gasteiger partial charge on any atom is -0.293 e. The van der Waals surface area contributed by atoms with Crippen LogP contribution >= 0.6 is 15.9 Å². The van der Waals surface area contributed by atoms with Crippen molar-refractivity contribution >= 4 is 21.7 Å². The molecule has 1 rings (SSSR count). The number of alkyl halides is 7. The molecule has 0 aliphatic rings. The van der Waals surface area contributed by atoms with Crippen LogP contribution in [0.1, 0.15) is 21.5 Å². The van der Waals surface area contributed by atoms with Crippen molar-refractivity contribution < 1.29 is 31.1 Å². The topological polar surface area (TPSA) is 17.1 Å². The van der Waals surface area contributed by atoms with E-state index >= 15 is 0 Å². The molecule has 0 N–H and O–H groups in total. The molecule has 0 radical (unpaired) electrons. The number of carbonyl (C=O) groups is 1. The van der Waals surface area contributed by atoms with Crippen molar-refractivity contribution in [1.29, 1.82) is 0 Å². The Hall–Kier alpha value is -1.05. The van der Waals surface area contributed by atoms with Crippen molar-refractivity contribution in [3.8, 4) is 0 Å². The normalized spacial score (nSPS) is 12.6. The molecule has 18 heavy (non-hydrogen) atoms. The molecular weight excluding hydrogens is 330 g/mol. The van der Waals surface area contributed by atoms with Gasteiger partial charge in [-0.25, -0.2) is 0 Å². The highest BCUT2D eigenvalue weighted by Crippen LogP contribution is 2.36. The summed E-state index contributed by atoms with van der Waals surface area (Å²) in [5.41, 5.74) is -3.66. The first kappa shape index (κ1) is 15.0. The number of benzene rings is 1. The molecule has 0 saturated heterocycles. The summed E-state index contributed by atoms with van der Waals surface area (Å²) in [5, 5.41) is -0.489. The molecule has 0 spiro atoms. The number of Topliss-reactive ketones (excluding diaryl/α,β-unsaturated/α-hetero) is 1. The Balaban J connectivity index is 3.44. The van der Waals surface area contributed by atoms with Gasteiger partial charge in [0.2, 0.25) is 0 Å². The summed E-state index contributed by atoms with van der Waals surface area (Å²) in [6, 6.07) is 0.777. The summed E-state index contributed by atoms with van der Waals surface area (Å²) >= 11 is 2.63. The fraction of sp³-hybridized carbons (Fsp3) is 0.300. The monoisotopic (exact) mass is 334 g/mol. The maximum Gasteiger partial charge on any atom is 0.417 e. The zero-order valence-electron chi connectivity index (χ0n) is 8.49. The van der Waals surface area contributed by atoms with E-state index in [0.29, 0.717) is 6.07 Å². The van der Waals surface area contributed by atoms with Crippen LogP contribution in [0.2, 0.25) is 0 Å². The second-order valence-corrected chi connectivity index (χ2v) is 3.87. The van der Waals surface area contributed by atoms with E-state index in [1.165, 1.54) is 0 Å². The lowest BCUT2D eigenvalue weighted by molar-refractivity contribution is -0.141. The quantitative estimate of drug-likeness (QED) is 0.447. The predicted octanol–water partition coefficient (Wildman–Crippen LogP) is 4.30. The first-order chi connectivity index (χ1) is 8.07. The molecule has 100 valence electrons. The molecule has 0 fully saturated rings. The van der Waals surface area contributed by atoms with Crippen molar-refractivity contribution in [2.24, 2.45) is 0 Å². The van der Waals surface area contributed by atoms with Gasteiger partial charge in [-0.2, -0.15) is 26.3 Å². The predicted molar refractivity (Wildman–Crippen MR) is 54.6 cm³/mol. The molecule has 8 heteroatoms. The Bertz CT molecular complexity index is 462. The molecule has 1 aromatic rings. The summed E-state index contributed by atoms with van der Waals surface area (Å²) in [6.45, 7) is 0. The Morgan fingerprint density at radius 3 is 2.00 bits per heavy atom. The summed E-state index contributed by atoms with van der Waals surface area (Å²) in [6.07, 6.45) is -9.68. The number of rotatable bonds is 2. The SMILES string of the molecule is O=C(CBr)c1cc(C(F)(F)F)ccc1C(F)(F)F. The highest BCUT2D eigenvalue weighted by molar-refractivity contribution is 9.09. The van der Waals surface area contributed by atoms with Crippen LogP contribution in [-0.4, -0.2) is 11.1 Å². The van der Waals surface area contributed by atoms with Crippen molar-refractivity contribution in [3.05, 3.63) is 34.9 Å². The number of hydrogen-bond acceptors (Lipinski definition) is 1. The average molecular weight is 335 g/mol. The average Bonchev–Trinajstić information content (AvgIpc) is 2.24. The number of ketones is 1. The Labute approximate surface area is 106 Å². The van der Waals surface area contributed by atoms with Gasteiger partial charge in [0.1, 0.15) is 0 Å². The first-order valence-electron chi connectivity index (χ1n) is 4.45. The second kappa shape index (κ2) is 4.91. The highest BCUT2D eigenvalue weighted by Gasteiger charge is 2.38. The van der Waals surface area contributed by atoms with Gasteiger partial charge in [-0.1, -0.05) is 15.9 Å². The van der Waals surface area contributed by atoms with Gasteiger partial charge in [-0.05, 0) is 18.2 Å². The Kier molecular flexibility index (Phi) is 4.09. The van der Waals surface area contributed by atoms with Crippen LogP contribution in [0.15, 0.2) is 18.2 Å². The van der Waals surface area contributed by atoms with Crippen molar-refractivity contribution in [2.45, 2.75) is 12.4 Å². The van der Waals surface area contributed by atoms with Gasteiger partial charge in [-0.3, -0.25) is 4.79 Å². The zero-order chi connectivity index (χ0) is 14.1. The molecule has 0 atom stereocenters. The Morgan fingerprint density at radius 2 is 1.61 bits per heavy atom. The molecule has 0 bridgehead atoms. The van der Waals surface area contributed by atoms with Crippen LogP contribution in [0.4, 0.5) is 26.3 Å². The fourth-order valence-corrected chi connectivity index (χ4v) is 1.57. The van der Waals surface area contributed by atoms with Crippen LogP contribution in [0.3, 0.4) is 0 Å². The smallest absolute Gasteiger partial charge is 0.293 e. The standard InChI is InChI=1S/C10H5BrF6O/c11-4-8(18)6-3-5(9(12,13)14)1-2-7(6)10(15,16)17/h1-3H,4H2. The maximum atomic E-state index is 12.5. The molecule has 1 nitrogen and oxygen atoms in total. The third kappa shape index (κ3) is 3.24. The highest BCUT2D eigenvalue weighted by atomic mass is 79.9. The van der Waals surface area contributed by atoms with E-state index in [9.17, 15) is 31.1 Å². The first-order valence-corrected chi connectivity index (χ1v) is 5.57. The van der Waals surface area contributed by atoms with Crippen molar-refractivity contribution in [3.63, 3.8) is 0 Å². The second-order valence-electron chi connectivity index (χ2n) is 3.31. The van der Waals surface area contributed by atoms with E-state index < -0.39 is 40.2 Å². The van der Waals surface area contributed by atoms with Crippen molar-refractivity contribution in [2.75, 3.05) is 5.33 Å². The van der Waals surface area contributed by atoms with E-state index in [0.717, 1.165) is 0 Å². The van der Waals surface area contributed by atoms with Gasteiger partial charge in [-0.15, -0.1) is 0 Å². The van der Waals surface area contributed by atoms with Crippen LogP contribution in [0.5, 0.6) is 0 Å². The lowest BCUT2D eigenvalue weighted by Gasteiger charge is -2.14. The van der Waals surface area contributed by atoms with E-state index in [-0.39, 0.29) is 12.1 Å². The van der Waals surface area contributed by atoms with Crippen LogP contribution in [0.25, 0.3) is 0 Å². The summed E-state index contributed by atoms with van der Waals surface area (Å²) in [4.78, 5) is 11.2. The van der Waals surface area contributed by atoms with Crippen molar-refractivity contribution in [1.82, 2.24) is 0 Å². The molecule has 0 unspecified atom stereocenters. The van der Waals surface area contributed by atoms with Gasteiger partial charge in [0.15, 0.2) is 5.78 Å². The third-order valence-corrected chi connectivity index (χ3v) is 2.58. The molecule has 0 heterocycles. The number of halogens is 7. The zero-order valence-corrected chi connectivity index (χ0v) is 10.1. The molecular formula is C10H5BrF6O. The minimum absolute atomic E-state index is 0.215. The minimum atomic E-state index is -4.88. The van der Waals surface area contributed by atoms with Gasteiger partial charge < -0.3 is 0 Å². The summed E-state index contributed by atoms with van der Waals surface area (Å²) in [7, 11) is 0. The number of carbonyl (C=O) groups excluding carboxylic acids is 1. The lowest BCUT2D eigenvalue weighted by Crippen LogP contribution is -2.16. The summed E-state index contributed by atoms with van der Waals surface area (Å²) < 4.78 is 74.7. The molecule has 0 saturated carbocycles. The van der Waals surface area contributed by atoms with E-state index in [1.54, 1.807) is 0 Å². The van der Waals surface area contributed by atoms with E-state index in [1.807, 2.05) is 0 Å². The largest absolute Gasteiger partial charge is 0.417 e. The molecule has 0 aliphatic carbocycles. The van der Waals surface area contributed by atoms with Gasteiger partial charge in [0.05, 0.1) is 16.5 Å². The van der Waals surface area contributed by atoms with Crippen LogP contribution in [0, 0.1) is 0 Å². The van der Waals surface area contributed by atoms with Gasteiger partial charge in [0.25, 0.3) is 0 Å².